The molecule has 0 aliphatic heterocycles. The molecule has 2 N–H and O–H groups in total. The number of carbonyl (C=O) groups excluding carboxylic acids is 2. The van der Waals surface area contributed by atoms with Crippen LogP contribution >= 0.6 is 0 Å². The van der Waals surface area contributed by atoms with Gasteiger partial charge in [0.1, 0.15) is 11.8 Å². The molecule has 0 aliphatic rings. The molecule has 1 atom stereocenters. The van der Waals surface area contributed by atoms with Gasteiger partial charge < -0.3 is 15.4 Å². The summed E-state index contributed by atoms with van der Waals surface area (Å²) >= 11 is 0. The van der Waals surface area contributed by atoms with Crippen LogP contribution in [0.5, 0.6) is 5.75 Å². The molecule has 24 heavy (non-hydrogen) atoms. The summed E-state index contributed by atoms with van der Waals surface area (Å²) < 4.78 is 5.60. The zero-order valence-corrected chi connectivity index (χ0v) is 15.0. The predicted molar refractivity (Wildman–Crippen MR) is 96.0 cm³/mol. The second-order valence-electron chi connectivity index (χ2n) is 6.27. The molecular weight excluding hydrogens is 304 g/mol. The van der Waals surface area contributed by atoms with Crippen molar-refractivity contribution in [3.8, 4) is 5.75 Å². The van der Waals surface area contributed by atoms with Gasteiger partial charge in [0, 0.05) is 13.5 Å². The Labute approximate surface area is 144 Å². The van der Waals surface area contributed by atoms with E-state index in [1.807, 2.05) is 45.0 Å². The Balaban J connectivity index is 2.47. The van der Waals surface area contributed by atoms with Crippen LogP contribution in [-0.2, 0) is 16.0 Å². The van der Waals surface area contributed by atoms with E-state index in [2.05, 4.69) is 17.2 Å². The van der Waals surface area contributed by atoms with Gasteiger partial charge in [-0.3, -0.25) is 9.59 Å². The summed E-state index contributed by atoms with van der Waals surface area (Å²) in [5, 5.41) is 5.52. The summed E-state index contributed by atoms with van der Waals surface area (Å²) in [6, 6.07) is 7.27. The molecular formula is C19H28N2O3. The molecule has 0 aliphatic carbocycles. The number of benzene rings is 1. The highest BCUT2D eigenvalue weighted by Crippen LogP contribution is 2.14. The van der Waals surface area contributed by atoms with E-state index in [0.29, 0.717) is 19.4 Å². The summed E-state index contributed by atoms with van der Waals surface area (Å²) in [7, 11) is 0. The number of rotatable bonds is 9. The molecule has 5 nitrogen and oxygen atoms in total. The molecule has 2 amide bonds. The fourth-order valence-electron chi connectivity index (χ4n) is 2.26. The first-order valence-electron chi connectivity index (χ1n) is 8.22. The van der Waals surface area contributed by atoms with E-state index >= 15 is 0 Å². The van der Waals surface area contributed by atoms with Crippen LogP contribution < -0.4 is 15.4 Å². The van der Waals surface area contributed by atoms with Crippen LogP contribution in [0.4, 0.5) is 0 Å². The number of nitrogens with one attached hydrogen (secondary N) is 2. The lowest BCUT2D eigenvalue weighted by Crippen LogP contribution is -2.46. The van der Waals surface area contributed by atoms with Crippen molar-refractivity contribution in [2.24, 2.45) is 0 Å². The standard InChI is InChI=1S/C19H28N2O3/c1-13(2)12-18(21-15(5)22)19(23)20-11-10-16-6-8-17(9-7-16)24-14(3)4/h6-9,14,18H,1,10-12H2,2-5H3,(H,20,23)(H,21,22). The third-order valence-corrected chi connectivity index (χ3v) is 3.25. The fraction of sp³-hybridized carbons (Fsp3) is 0.474. The lowest BCUT2D eigenvalue weighted by Gasteiger charge is -2.17. The highest BCUT2D eigenvalue weighted by molar-refractivity contribution is 5.87. The van der Waals surface area contributed by atoms with E-state index in [1.165, 1.54) is 6.92 Å². The van der Waals surface area contributed by atoms with E-state index < -0.39 is 6.04 Å². The maximum absolute atomic E-state index is 12.2. The fourth-order valence-corrected chi connectivity index (χ4v) is 2.26. The molecule has 0 spiro atoms. The van der Waals surface area contributed by atoms with Crippen LogP contribution in [0.15, 0.2) is 36.4 Å². The summed E-state index contributed by atoms with van der Waals surface area (Å²) in [5.41, 5.74) is 1.96. The Morgan fingerprint density at radius 1 is 1.17 bits per heavy atom. The van der Waals surface area contributed by atoms with Gasteiger partial charge in [0.25, 0.3) is 0 Å². The molecule has 0 bridgehead atoms. The smallest absolute Gasteiger partial charge is 0.242 e. The van der Waals surface area contributed by atoms with Crippen LogP contribution in [0, 0.1) is 0 Å². The van der Waals surface area contributed by atoms with Crippen LogP contribution in [0.3, 0.4) is 0 Å². The van der Waals surface area contributed by atoms with Gasteiger partial charge in [0.2, 0.25) is 11.8 Å². The lowest BCUT2D eigenvalue weighted by atomic mass is 10.1. The molecule has 1 aromatic rings. The Morgan fingerprint density at radius 2 is 1.79 bits per heavy atom. The molecule has 0 saturated carbocycles. The highest BCUT2D eigenvalue weighted by Gasteiger charge is 2.18. The van der Waals surface area contributed by atoms with Crippen molar-refractivity contribution in [3.05, 3.63) is 42.0 Å². The third kappa shape index (κ3) is 7.81. The molecule has 1 aromatic carbocycles. The number of amides is 2. The zero-order chi connectivity index (χ0) is 18.1. The van der Waals surface area contributed by atoms with Gasteiger partial charge in [-0.05, 0) is 51.3 Å². The first-order chi connectivity index (χ1) is 11.3. The monoisotopic (exact) mass is 332 g/mol. The molecule has 0 saturated heterocycles. The Kier molecular flexibility index (Phi) is 8.02. The van der Waals surface area contributed by atoms with Crippen LogP contribution in [-0.4, -0.2) is 30.5 Å². The number of hydrogen-bond donors (Lipinski definition) is 2. The van der Waals surface area contributed by atoms with E-state index in [4.69, 9.17) is 4.74 Å². The van der Waals surface area contributed by atoms with Crippen LogP contribution in [0.25, 0.3) is 0 Å². The molecule has 0 heterocycles. The minimum absolute atomic E-state index is 0.147. The van der Waals surface area contributed by atoms with Crippen molar-refractivity contribution in [2.45, 2.75) is 52.7 Å². The van der Waals surface area contributed by atoms with Gasteiger partial charge in [-0.15, -0.1) is 6.58 Å². The molecule has 0 aromatic heterocycles. The Hall–Kier alpha value is -2.30. The summed E-state index contributed by atoms with van der Waals surface area (Å²) in [6.07, 6.45) is 1.30. The summed E-state index contributed by atoms with van der Waals surface area (Å²) in [4.78, 5) is 23.4. The Morgan fingerprint density at radius 3 is 2.29 bits per heavy atom. The second-order valence-corrected chi connectivity index (χ2v) is 6.27. The van der Waals surface area contributed by atoms with E-state index in [0.717, 1.165) is 16.9 Å². The van der Waals surface area contributed by atoms with Crippen LogP contribution in [0.1, 0.15) is 39.7 Å². The van der Waals surface area contributed by atoms with E-state index in [9.17, 15) is 9.59 Å². The van der Waals surface area contributed by atoms with Crippen molar-refractivity contribution in [3.63, 3.8) is 0 Å². The maximum atomic E-state index is 12.2. The van der Waals surface area contributed by atoms with Crippen molar-refractivity contribution in [1.29, 1.82) is 0 Å². The molecule has 1 unspecified atom stereocenters. The van der Waals surface area contributed by atoms with Gasteiger partial charge in [-0.25, -0.2) is 0 Å². The normalized spacial score (nSPS) is 11.7. The predicted octanol–water partition coefficient (Wildman–Crippen LogP) is 2.60. The minimum atomic E-state index is -0.568. The largest absolute Gasteiger partial charge is 0.491 e. The van der Waals surface area contributed by atoms with Crippen molar-refractivity contribution >= 4 is 11.8 Å². The third-order valence-electron chi connectivity index (χ3n) is 3.25. The lowest BCUT2D eigenvalue weighted by molar-refractivity contribution is -0.128. The van der Waals surface area contributed by atoms with Gasteiger partial charge in [0.05, 0.1) is 6.10 Å². The molecule has 1 rings (SSSR count). The molecule has 0 fully saturated rings. The highest BCUT2D eigenvalue weighted by atomic mass is 16.5. The van der Waals surface area contributed by atoms with Gasteiger partial charge in [-0.1, -0.05) is 17.7 Å². The van der Waals surface area contributed by atoms with Crippen molar-refractivity contribution < 1.29 is 14.3 Å². The molecule has 0 radical (unpaired) electrons. The van der Waals surface area contributed by atoms with E-state index in [1.54, 1.807) is 0 Å². The quantitative estimate of drug-likeness (QED) is 0.683. The Bertz CT molecular complexity index is 548. The maximum Gasteiger partial charge on any atom is 0.242 e. The van der Waals surface area contributed by atoms with Crippen molar-refractivity contribution in [2.75, 3.05) is 6.54 Å². The van der Waals surface area contributed by atoms with E-state index in [-0.39, 0.29) is 17.9 Å². The SMILES string of the molecule is C=C(C)CC(NC(C)=O)C(=O)NCCc1ccc(OC(C)C)cc1. The first-order valence-corrected chi connectivity index (χ1v) is 8.22. The number of ether oxygens (including phenoxy) is 1. The minimum Gasteiger partial charge on any atom is -0.491 e. The summed E-state index contributed by atoms with van der Waals surface area (Å²) in [5.74, 6) is 0.426. The van der Waals surface area contributed by atoms with Crippen molar-refractivity contribution in [1.82, 2.24) is 10.6 Å². The van der Waals surface area contributed by atoms with Crippen LogP contribution in [0.2, 0.25) is 0 Å². The summed E-state index contributed by atoms with van der Waals surface area (Å²) in [6.45, 7) is 11.5. The van der Waals surface area contributed by atoms with Gasteiger partial charge >= 0.3 is 0 Å². The number of hydrogen-bond acceptors (Lipinski definition) is 3. The first kappa shape index (κ1) is 19.7. The van der Waals surface area contributed by atoms with Gasteiger partial charge in [0.15, 0.2) is 0 Å². The number of carbonyl (C=O) groups is 2. The topological polar surface area (TPSA) is 67.4 Å². The second kappa shape index (κ2) is 9.75. The van der Waals surface area contributed by atoms with Gasteiger partial charge in [-0.2, -0.15) is 0 Å². The molecule has 132 valence electrons. The molecule has 5 heteroatoms. The average Bonchev–Trinajstić information content (AvgIpc) is 2.46. The zero-order valence-electron chi connectivity index (χ0n) is 15.0. The average molecular weight is 332 g/mol.